The number of aryl methyl sites for hydroxylation is 1. The number of hydrogen-bond acceptors (Lipinski definition) is 6. The van der Waals surface area contributed by atoms with Crippen molar-refractivity contribution >= 4 is 27.6 Å². The Morgan fingerprint density at radius 2 is 1.74 bits per heavy atom. The van der Waals surface area contributed by atoms with Crippen molar-refractivity contribution in [1.29, 1.82) is 0 Å². The SMILES string of the molecule is COc1ccc(NC(=O)C(C)OC(=O)c2ccc(C)c(S(N)(=O)=O)c2)cc1. The molecule has 9 heteroatoms. The van der Waals surface area contributed by atoms with E-state index in [1.165, 1.54) is 26.2 Å². The Morgan fingerprint density at radius 1 is 1.11 bits per heavy atom. The van der Waals surface area contributed by atoms with E-state index >= 15 is 0 Å². The summed E-state index contributed by atoms with van der Waals surface area (Å²) in [5.74, 6) is -0.734. The van der Waals surface area contributed by atoms with Crippen LogP contribution in [0.1, 0.15) is 22.8 Å². The second kappa shape index (κ2) is 8.19. The van der Waals surface area contributed by atoms with Crippen LogP contribution >= 0.6 is 0 Å². The molecule has 1 unspecified atom stereocenters. The van der Waals surface area contributed by atoms with Gasteiger partial charge in [-0.25, -0.2) is 18.4 Å². The van der Waals surface area contributed by atoms with E-state index in [1.807, 2.05) is 0 Å². The van der Waals surface area contributed by atoms with Crippen LogP contribution in [0.3, 0.4) is 0 Å². The van der Waals surface area contributed by atoms with Crippen LogP contribution in [0.5, 0.6) is 5.75 Å². The monoisotopic (exact) mass is 392 g/mol. The molecule has 0 heterocycles. The van der Waals surface area contributed by atoms with Crippen LogP contribution in [0.25, 0.3) is 0 Å². The van der Waals surface area contributed by atoms with Crippen molar-refractivity contribution in [3.63, 3.8) is 0 Å². The summed E-state index contributed by atoms with van der Waals surface area (Å²) in [5, 5.41) is 7.74. The molecule has 27 heavy (non-hydrogen) atoms. The number of benzene rings is 2. The zero-order valence-corrected chi connectivity index (χ0v) is 15.9. The normalized spacial score (nSPS) is 12.1. The molecule has 0 aromatic heterocycles. The van der Waals surface area contributed by atoms with Gasteiger partial charge in [0.2, 0.25) is 10.0 Å². The highest BCUT2D eigenvalue weighted by atomic mass is 32.2. The molecule has 3 N–H and O–H groups in total. The van der Waals surface area contributed by atoms with Crippen molar-refractivity contribution in [2.45, 2.75) is 24.8 Å². The molecule has 0 aliphatic carbocycles. The lowest BCUT2D eigenvalue weighted by molar-refractivity contribution is -0.123. The minimum Gasteiger partial charge on any atom is -0.497 e. The van der Waals surface area contributed by atoms with Crippen LogP contribution in [0.4, 0.5) is 5.69 Å². The maximum atomic E-state index is 12.2. The Bertz CT molecular complexity index is 954. The summed E-state index contributed by atoms with van der Waals surface area (Å²) < 4.78 is 33.3. The number of anilines is 1. The number of rotatable bonds is 6. The minimum atomic E-state index is -3.98. The molecule has 0 spiro atoms. The van der Waals surface area contributed by atoms with Gasteiger partial charge in [0.1, 0.15) is 5.75 Å². The Hall–Kier alpha value is -2.91. The molecule has 0 saturated carbocycles. The minimum absolute atomic E-state index is 0.0197. The lowest BCUT2D eigenvalue weighted by Gasteiger charge is -2.14. The number of methoxy groups -OCH3 is 1. The summed E-state index contributed by atoms with van der Waals surface area (Å²) >= 11 is 0. The van der Waals surface area contributed by atoms with E-state index in [0.29, 0.717) is 17.0 Å². The van der Waals surface area contributed by atoms with Crippen LogP contribution in [-0.4, -0.2) is 33.5 Å². The number of nitrogens with one attached hydrogen (secondary N) is 1. The highest BCUT2D eigenvalue weighted by Gasteiger charge is 2.21. The Morgan fingerprint density at radius 3 is 2.30 bits per heavy atom. The van der Waals surface area contributed by atoms with Gasteiger partial charge in [0, 0.05) is 5.69 Å². The van der Waals surface area contributed by atoms with Gasteiger partial charge in [-0.3, -0.25) is 4.79 Å². The molecule has 2 aromatic rings. The predicted octanol–water partition coefficient (Wildman–Crippen LogP) is 1.84. The number of sulfonamides is 1. The highest BCUT2D eigenvalue weighted by molar-refractivity contribution is 7.89. The number of ether oxygens (including phenoxy) is 2. The number of hydrogen-bond donors (Lipinski definition) is 2. The van der Waals surface area contributed by atoms with Crippen molar-refractivity contribution in [2.75, 3.05) is 12.4 Å². The maximum Gasteiger partial charge on any atom is 0.338 e. The molecule has 2 rings (SSSR count). The van der Waals surface area contributed by atoms with Gasteiger partial charge in [-0.05, 0) is 55.8 Å². The van der Waals surface area contributed by atoms with E-state index in [4.69, 9.17) is 14.6 Å². The first kappa shape index (κ1) is 20.4. The van der Waals surface area contributed by atoms with Crippen LogP contribution < -0.4 is 15.2 Å². The first-order valence-corrected chi connectivity index (χ1v) is 9.46. The van der Waals surface area contributed by atoms with Gasteiger partial charge in [0.25, 0.3) is 5.91 Å². The standard InChI is InChI=1S/C18H20N2O6S/c1-11-4-5-13(10-16(11)27(19,23)24)18(22)26-12(2)17(21)20-14-6-8-15(25-3)9-7-14/h4-10,12H,1-3H3,(H,20,21)(H2,19,23,24). The number of esters is 1. The smallest absolute Gasteiger partial charge is 0.338 e. The molecule has 0 aliphatic rings. The van der Waals surface area contributed by atoms with Crippen LogP contribution in [0.2, 0.25) is 0 Å². The maximum absolute atomic E-state index is 12.2. The van der Waals surface area contributed by atoms with Crippen LogP contribution in [-0.2, 0) is 19.6 Å². The predicted molar refractivity (Wildman–Crippen MR) is 99.1 cm³/mol. The quantitative estimate of drug-likeness (QED) is 0.723. The lowest BCUT2D eigenvalue weighted by Crippen LogP contribution is -2.30. The fourth-order valence-electron chi connectivity index (χ4n) is 2.23. The summed E-state index contributed by atoms with van der Waals surface area (Å²) in [7, 11) is -2.45. The van der Waals surface area contributed by atoms with Crippen molar-refractivity contribution in [1.82, 2.24) is 0 Å². The Labute approximate surface area is 157 Å². The molecule has 0 bridgehead atoms. The fourth-order valence-corrected chi connectivity index (χ4v) is 3.04. The third kappa shape index (κ3) is 5.28. The van der Waals surface area contributed by atoms with Gasteiger partial charge in [-0.15, -0.1) is 0 Å². The van der Waals surface area contributed by atoms with Crippen molar-refractivity contribution in [3.05, 3.63) is 53.6 Å². The zero-order chi connectivity index (χ0) is 20.2. The van der Waals surface area contributed by atoms with E-state index in [9.17, 15) is 18.0 Å². The number of nitrogens with two attached hydrogens (primary N) is 1. The van der Waals surface area contributed by atoms with Gasteiger partial charge in [-0.2, -0.15) is 0 Å². The van der Waals surface area contributed by atoms with E-state index in [-0.39, 0.29) is 10.5 Å². The third-order valence-corrected chi connectivity index (χ3v) is 4.79. The number of carbonyl (C=O) groups excluding carboxylic acids is 2. The van der Waals surface area contributed by atoms with Crippen molar-refractivity contribution in [3.8, 4) is 5.75 Å². The summed E-state index contributed by atoms with van der Waals surface area (Å²) in [6.45, 7) is 2.96. The zero-order valence-electron chi connectivity index (χ0n) is 15.1. The molecule has 1 atom stereocenters. The van der Waals surface area contributed by atoms with Gasteiger partial charge in [-0.1, -0.05) is 6.07 Å². The summed E-state index contributed by atoms with van der Waals surface area (Å²) in [6.07, 6.45) is -1.10. The van der Waals surface area contributed by atoms with Gasteiger partial charge in [0.15, 0.2) is 6.10 Å². The van der Waals surface area contributed by atoms with Crippen molar-refractivity contribution < 1.29 is 27.5 Å². The van der Waals surface area contributed by atoms with E-state index in [0.717, 1.165) is 6.07 Å². The summed E-state index contributed by atoms with van der Waals surface area (Å²) in [6, 6.07) is 10.6. The first-order valence-electron chi connectivity index (χ1n) is 7.91. The fraction of sp³-hybridized carbons (Fsp3) is 0.222. The number of primary sulfonamides is 1. The number of amides is 1. The van der Waals surface area contributed by atoms with Crippen molar-refractivity contribution in [2.24, 2.45) is 5.14 Å². The van der Waals surface area contributed by atoms with Gasteiger partial charge in [0.05, 0.1) is 17.6 Å². The molecule has 0 saturated heterocycles. The van der Waals surface area contributed by atoms with Crippen LogP contribution in [0.15, 0.2) is 47.4 Å². The van der Waals surface area contributed by atoms with E-state index < -0.39 is 28.0 Å². The average Bonchev–Trinajstić information content (AvgIpc) is 2.61. The molecule has 144 valence electrons. The third-order valence-electron chi connectivity index (χ3n) is 3.74. The van der Waals surface area contributed by atoms with Gasteiger partial charge < -0.3 is 14.8 Å². The molecule has 0 radical (unpaired) electrons. The molecule has 0 aliphatic heterocycles. The second-order valence-electron chi connectivity index (χ2n) is 5.79. The molecule has 0 fully saturated rings. The average molecular weight is 392 g/mol. The first-order chi connectivity index (χ1) is 12.6. The topological polar surface area (TPSA) is 125 Å². The summed E-state index contributed by atoms with van der Waals surface area (Å²) in [4.78, 5) is 24.2. The summed E-state index contributed by atoms with van der Waals surface area (Å²) in [5.41, 5.74) is 0.892. The van der Waals surface area contributed by atoms with Gasteiger partial charge >= 0.3 is 5.97 Å². The molecule has 1 amide bonds. The Kier molecular flexibility index (Phi) is 6.19. The van der Waals surface area contributed by atoms with E-state index in [2.05, 4.69) is 5.32 Å². The Balaban J connectivity index is 2.07. The molecule has 2 aromatic carbocycles. The molecular weight excluding hydrogens is 372 g/mol. The molecule has 8 nitrogen and oxygen atoms in total. The lowest BCUT2D eigenvalue weighted by atomic mass is 10.1. The second-order valence-corrected chi connectivity index (χ2v) is 7.32. The van der Waals surface area contributed by atoms with Crippen LogP contribution in [0, 0.1) is 6.92 Å². The largest absolute Gasteiger partial charge is 0.497 e. The molecular formula is C18H20N2O6S. The highest BCUT2D eigenvalue weighted by Crippen LogP contribution is 2.18. The van der Waals surface area contributed by atoms with E-state index in [1.54, 1.807) is 31.2 Å². The number of carbonyl (C=O) groups is 2.